The monoisotopic (exact) mass is 263 g/mol. The summed E-state index contributed by atoms with van der Waals surface area (Å²) in [4.78, 5) is 14.1. The Labute approximate surface area is 113 Å². The lowest BCUT2D eigenvalue weighted by Crippen LogP contribution is -2.36. The number of rotatable bonds is 5. The Balaban J connectivity index is 2.05. The van der Waals surface area contributed by atoms with Crippen LogP contribution in [0.3, 0.4) is 0 Å². The third-order valence-electron chi connectivity index (χ3n) is 3.13. The van der Waals surface area contributed by atoms with E-state index in [2.05, 4.69) is 15.5 Å². The molecule has 0 aromatic heterocycles. The van der Waals surface area contributed by atoms with Gasteiger partial charge in [0, 0.05) is 26.1 Å². The first-order valence-electron chi connectivity index (χ1n) is 6.67. The summed E-state index contributed by atoms with van der Waals surface area (Å²) >= 11 is 0. The average Bonchev–Trinajstić information content (AvgIpc) is 2.46. The summed E-state index contributed by atoms with van der Waals surface area (Å²) in [7, 11) is 1.84. The van der Waals surface area contributed by atoms with E-state index in [1.807, 2.05) is 31.3 Å². The first-order chi connectivity index (χ1) is 9.31. The smallest absolute Gasteiger partial charge is 0.225 e. The SMILES string of the molecule is CNCCC(=O)Nc1ccccc1N1CCOCC1. The molecular formula is C14H21N3O2. The van der Waals surface area contributed by atoms with E-state index in [9.17, 15) is 4.79 Å². The third kappa shape index (κ3) is 3.94. The lowest BCUT2D eigenvalue weighted by Gasteiger charge is -2.30. The van der Waals surface area contributed by atoms with Crippen LogP contribution in [0.5, 0.6) is 0 Å². The van der Waals surface area contributed by atoms with Crippen molar-refractivity contribution < 1.29 is 9.53 Å². The summed E-state index contributed by atoms with van der Waals surface area (Å²) < 4.78 is 5.36. The molecule has 0 atom stereocenters. The maximum absolute atomic E-state index is 11.8. The Morgan fingerprint density at radius 1 is 1.32 bits per heavy atom. The predicted molar refractivity (Wildman–Crippen MR) is 76.6 cm³/mol. The minimum Gasteiger partial charge on any atom is -0.378 e. The number of nitrogens with zero attached hydrogens (tertiary/aromatic N) is 1. The molecule has 1 aliphatic rings. The maximum atomic E-state index is 11.8. The van der Waals surface area contributed by atoms with Gasteiger partial charge >= 0.3 is 0 Å². The van der Waals surface area contributed by atoms with Crippen LogP contribution < -0.4 is 15.5 Å². The quantitative estimate of drug-likeness (QED) is 0.834. The fourth-order valence-electron chi connectivity index (χ4n) is 2.11. The fraction of sp³-hybridized carbons (Fsp3) is 0.500. The fourth-order valence-corrected chi connectivity index (χ4v) is 2.11. The van der Waals surface area contributed by atoms with Gasteiger partial charge in [-0.15, -0.1) is 0 Å². The molecule has 0 unspecified atom stereocenters. The van der Waals surface area contributed by atoms with Gasteiger partial charge in [0.05, 0.1) is 24.6 Å². The number of nitrogens with one attached hydrogen (secondary N) is 2. The van der Waals surface area contributed by atoms with Crippen LogP contribution in [0.1, 0.15) is 6.42 Å². The van der Waals surface area contributed by atoms with Crippen molar-refractivity contribution in [1.82, 2.24) is 5.32 Å². The van der Waals surface area contributed by atoms with Crippen molar-refractivity contribution in [3.63, 3.8) is 0 Å². The van der Waals surface area contributed by atoms with E-state index in [0.29, 0.717) is 13.0 Å². The molecule has 0 radical (unpaired) electrons. The second kappa shape index (κ2) is 7.11. The van der Waals surface area contributed by atoms with Gasteiger partial charge in [0.1, 0.15) is 0 Å². The molecule has 1 amide bonds. The highest BCUT2D eigenvalue weighted by molar-refractivity contribution is 5.94. The Kier molecular flexibility index (Phi) is 5.18. The van der Waals surface area contributed by atoms with Gasteiger partial charge in [0.25, 0.3) is 0 Å². The number of benzene rings is 1. The minimum atomic E-state index is 0.0371. The lowest BCUT2D eigenvalue weighted by atomic mass is 10.2. The van der Waals surface area contributed by atoms with Crippen LogP contribution in [0.4, 0.5) is 11.4 Å². The maximum Gasteiger partial charge on any atom is 0.225 e. The molecule has 19 heavy (non-hydrogen) atoms. The van der Waals surface area contributed by atoms with Crippen molar-refractivity contribution in [1.29, 1.82) is 0 Å². The van der Waals surface area contributed by atoms with E-state index >= 15 is 0 Å². The largest absolute Gasteiger partial charge is 0.378 e. The van der Waals surface area contributed by atoms with Crippen molar-refractivity contribution in [3.05, 3.63) is 24.3 Å². The van der Waals surface area contributed by atoms with E-state index in [1.54, 1.807) is 0 Å². The highest BCUT2D eigenvalue weighted by Gasteiger charge is 2.15. The number of hydrogen-bond acceptors (Lipinski definition) is 4. The average molecular weight is 263 g/mol. The van der Waals surface area contributed by atoms with E-state index in [-0.39, 0.29) is 5.91 Å². The van der Waals surface area contributed by atoms with E-state index in [1.165, 1.54) is 0 Å². The number of hydrogen-bond donors (Lipinski definition) is 2. The second-order valence-electron chi connectivity index (χ2n) is 4.52. The highest BCUT2D eigenvalue weighted by atomic mass is 16.5. The molecule has 1 fully saturated rings. The number of ether oxygens (including phenoxy) is 1. The van der Waals surface area contributed by atoms with Gasteiger partial charge in [-0.3, -0.25) is 4.79 Å². The van der Waals surface area contributed by atoms with Crippen molar-refractivity contribution >= 4 is 17.3 Å². The first kappa shape index (κ1) is 13.8. The number of amides is 1. The van der Waals surface area contributed by atoms with Gasteiger partial charge in [0.15, 0.2) is 0 Å². The zero-order valence-corrected chi connectivity index (χ0v) is 11.3. The molecule has 1 aromatic rings. The van der Waals surface area contributed by atoms with Gasteiger partial charge < -0.3 is 20.3 Å². The van der Waals surface area contributed by atoms with Crippen LogP contribution in [-0.2, 0) is 9.53 Å². The molecule has 1 heterocycles. The summed E-state index contributed by atoms with van der Waals surface area (Å²) in [6.45, 7) is 3.89. The molecule has 0 bridgehead atoms. The molecule has 104 valence electrons. The molecule has 5 heteroatoms. The lowest BCUT2D eigenvalue weighted by molar-refractivity contribution is -0.116. The standard InChI is InChI=1S/C14H21N3O2/c1-15-7-6-14(18)16-12-4-2-3-5-13(12)17-8-10-19-11-9-17/h2-5,15H,6-11H2,1H3,(H,16,18). The second-order valence-corrected chi connectivity index (χ2v) is 4.52. The van der Waals surface area contributed by atoms with Gasteiger partial charge in [-0.05, 0) is 19.2 Å². The summed E-state index contributed by atoms with van der Waals surface area (Å²) in [5.41, 5.74) is 1.95. The topological polar surface area (TPSA) is 53.6 Å². The van der Waals surface area contributed by atoms with Crippen molar-refractivity contribution in [3.8, 4) is 0 Å². The van der Waals surface area contributed by atoms with Crippen LogP contribution in [-0.4, -0.2) is 45.8 Å². The number of carbonyl (C=O) groups excluding carboxylic acids is 1. The van der Waals surface area contributed by atoms with Crippen LogP contribution in [0.15, 0.2) is 24.3 Å². The zero-order chi connectivity index (χ0) is 13.5. The number of carbonyl (C=O) groups is 1. The molecule has 1 aromatic carbocycles. The van der Waals surface area contributed by atoms with Crippen molar-refractivity contribution in [2.75, 3.05) is 50.1 Å². The Morgan fingerprint density at radius 2 is 2.05 bits per heavy atom. The van der Waals surface area contributed by atoms with Gasteiger partial charge in [0.2, 0.25) is 5.91 Å². The molecular weight excluding hydrogens is 242 g/mol. The van der Waals surface area contributed by atoms with Crippen LogP contribution in [0, 0.1) is 0 Å². The summed E-state index contributed by atoms with van der Waals surface area (Å²) in [6, 6.07) is 7.92. The predicted octanol–water partition coefficient (Wildman–Crippen LogP) is 1.07. The molecule has 5 nitrogen and oxygen atoms in total. The first-order valence-corrected chi connectivity index (χ1v) is 6.67. The Bertz CT molecular complexity index is 417. The zero-order valence-electron chi connectivity index (χ0n) is 11.3. The molecule has 1 aliphatic heterocycles. The summed E-state index contributed by atoms with van der Waals surface area (Å²) in [6.07, 6.45) is 0.480. The highest BCUT2D eigenvalue weighted by Crippen LogP contribution is 2.26. The van der Waals surface area contributed by atoms with Crippen molar-refractivity contribution in [2.45, 2.75) is 6.42 Å². The molecule has 0 spiro atoms. The van der Waals surface area contributed by atoms with Crippen LogP contribution >= 0.6 is 0 Å². The normalized spacial score (nSPS) is 15.3. The number of para-hydroxylation sites is 2. The Morgan fingerprint density at radius 3 is 2.79 bits per heavy atom. The van der Waals surface area contributed by atoms with Crippen LogP contribution in [0.2, 0.25) is 0 Å². The summed E-state index contributed by atoms with van der Waals surface area (Å²) in [5, 5.41) is 5.96. The molecule has 1 saturated heterocycles. The summed E-state index contributed by atoms with van der Waals surface area (Å²) in [5.74, 6) is 0.0371. The van der Waals surface area contributed by atoms with Crippen LogP contribution in [0.25, 0.3) is 0 Å². The molecule has 0 saturated carbocycles. The van der Waals surface area contributed by atoms with Gasteiger partial charge in [-0.1, -0.05) is 12.1 Å². The Hall–Kier alpha value is -1.59. The molecule has 2 N–H and O–H groups in total. The number of morpholine rings is 1. The van der Waals surface area contributed by atoms with Gasteiger partial charge in [-0.25, -0.2) is 0 Å². The van der Waals surface area contributed by atoms with Crippen molar-refractivity contribution in [2.24, 2.45) is 0 Å². The molecule has 2 rings (SSSR count). The third-order valence-corrected chi connectivity index (χ3v) is 3.13. The van der Waals surface area contributed by atoms with E-state index < -0.39 is 0 Å². The number of anilines is 2. The molecule has 0 aliphatic carbocycles. The van der Waals surface area contributed by atoms with Gasteiger partial charge in [-0.2, -0.15) is 0 Å². The van der Waals surface area contributed by atoms with E-state index in [0.717, 1.165) is 37.7 Å². The minimum absolute atomic E-state index is 0.0371. The van der Waals surface area contributed by atoms with E-state index in [4.69, 9.17) is 4.74 Å².